The van der Waals surface area contributed by atoms with Gasteiger partial charge in [0.1, 0.15) is 0 Å². The van der Waals surface area contributed by atoms with Crippen LogP contribution in [0.3, 0.4) is 0 Å². The molecule has 3 unspecified atom stereocenters. The topological polar surface area (TPSA) is 37.3 Å². The van der Waals surface area contributed by atoms with Gasteiger partial charge in [0.15, 0.2) is 5.78 Å². The van der Waals surface area contributed by atoms with E-state index in [1.165, 1.54) is 25.7 Å². The van der Waals surface area contributed by atoms with Crippen LogP contribution in [0.1, 0.15) is 65.2 Å². The molecule has 22 heavy (non-hydrogen) atoms. The van der Waals surface area contributed by atoms with E-state index in [0.717, 1.165) is 37.5 Å². The molecule has 0 aromatic rings. The van der Waals surface area contributed by atoms with Gasteiger partial charge in [0, 0.05) is 5.41 Å². The Kier molecular flexibility index (Phi) is 3.59. The predicted octanol–water partition coefficient (Wildman–Crippen LogP) is 4.33. The molecule has 0 spiro atoms. The van der Waals surface area contributed by atoms with Gasteiger partial charge >= 0.3 is 0 Å². The van der Waals surface area contributed by atoms with Crippen molar-refractivity contribution < 1.29 is 9.90 Å². The van der Waals surface area contributed by atoms with Crippen molar-refractivity contribution in [3.63, 3.8) is 0 Å². The molecule has 4 rings (SSSR count). The molecule has 0 aromatic heterocycles. The van der Waals surface area contributed by atoms with E-state index < -0.39 is 0 Å². The van der Waals surface area contributed by atoms with E-state index in [0.29, 0.717) is 23.0 Å². The average Bonchev–Trinajstić information content (AvgIpc) is 2.72. The zero-order valence-corrected chi connectivity index (χ0v) is 15.4. The van der Waals surface area contributed by atoms with Gasteiger partial charge in [0.25, 0.3) is 0 Å². The van der Waals surface area contributed by atoms with Gasteiger partial charge in [-0.1, -0.05) is 29.8 Å². The lowest BCUT2D eigenvalue weighted by Crippen LogP contribution is -2.54. The Morgan fingerprint density at radius 1 is 1.05 bits per heavy atom. The summed E-state index contributed by atoms with van der Waals surface area (Å²) in [5.41, 5.74) is 0.351. The predicted molar refractivity (Wildman–Crippen MR) is 90.8 cm³/mol. The Bertz CT molecular complexity index is 492. The number of rotatable bonds is 0. The van der Waals surface area contributed by atoms with E-state index in [2.05, 4.69) is 29.8 Å². The van der Waals surface area contributed by atoms with Crippen molar-refractivity contribution in [3.8, 4) is 0 Å². The van der Waals surface area contributed by atoms with Gasteiger partial charge in [0.2, 0.25) is 0 Å². The number of Topliss-reactive ketones (excluding diaryl/α,β-unsaturated/α-hetero) is 1. The highest BCUT2D eigenvalue weighted by atomic mass is 79.9. The fraction of sp³-hybridized carbons (Fsp3) is 0.947. The molecule has 4 aliphatic rings. The van der Waals surface area contributed by atoms with Crippen molar-refractivity contribution in [3.05, 3.63) is 0 Å². The third-order valence-corrected chi connectivity index (χ3v) is 9.13. The summed E-state index contributed by atoms with van der Waals surface area (Å²) < 4.78 is 0. The molecule has 3 heteroatoms. The molecule has 124 valence electrons. The van der Waals surface area contributed by atoms with Gasteiger partial charge in [-0.05, 0) is 80.5 Å². The average molecular weight is 369 g/mol. The summed E-state index contributed by atoms with van der Waals surface area (Å²) in [6, 6.07) is 0. The first kappa shape index (κ1) is 15.6. The quantitative estimate of drug-likeness (QED) is 0.646. The minimum atomic E-state index is -0.0662. The zero-order valence-electron chi connectivity index (χ0n) is 13.9. The SMILES string of the molecule is C[C@]12CCC3C(CC[C@H]4C[C@@H](O)CC[C@]34C)C1C[C@@H](Br)C2=O. The van der Waals surface area contributed by atoms with Crippen molar-refractivity contribution >= 4 is 21.7 Å². The smallest absolute Gasteiger partial charge is 0.152 e. The van der Waals surface area contributed by atoms with E-state index in [4.69, 9.17) is 0 Å². The summed E-state index contributed by atoms with van der Waals surface area (Å²) in [6.07, 6.45) is 9.04. The van der Waals surface area contributed by atoms with E-state index in [1.807, 2.05) is 0 Å². The lowest BCUT2D eigenvalue weighted by molar-refractivity contribution is -0.142. The molecule has 0 bridgehead atoms. The minimum Gasteiger partial charge on any atom is -0.393 e. The molecule has 1 N–H and O–H groups in total. The van der Waals surface area contributed by atoms with Crippen LogP contribution in [0.25, 0.3) is 0 Å². The van der Waals surface area contributed by atoms with Gasteiger partial charge in [-0.15, -0.1) is 0 Å². The van der Waals surface area contributed by atoms with E-state index >= 15 is 0 Å². The molecular formula is C19H29BrO2. The van der Waals surface area contributed by atoms with Crippen molar-refractivity contribution in [1.29, 1.82) is 0 Å². The number of aliphatic hydroxyl groups is 1. The Hall–Kier alpha value is 0.110. The molecule has 4 fully saturated rings. The standard InChI is InChI=1S/C19H29BrO2/c1-18-7-5-12(21)9-11(18)3-4-13-14(18)6-8-19(2)15(13)10-16(20)17(19)22/h11-16,21H,3-10H2,1-2H3/t11-,12-,13?,14?,15?,16+,18-,19-/m0/s1. The molecule has 0 radical (unpaired) electrons. The second kappa shape index (κ2) is 5.05. The van der Waals surface area contributed by atoms with Crippen molar-refractivity contribution in [2.75, 3.05) is 0 Å². The Morgan fingerprint density at radius 3 is 2.59 bits per heavy atom. The van der Waals surface area contributed by atoms with Gasteiger partial charge in [0.05, 0.1) is 10.9 Å². The van der Waals surface area contributed by atoms with Crippen LogP contribution in [0.2, 0.25) is 0 Å². The molecule has 0 aliphatic heterocycles. The number of carbonyl (C=O) groups is 1. The third kappa shape index (κ3) is 1.97. The van der Waals surface area contributed by atoms with Crippen LogP contribution in [0, 0.1) is 34.5 Å². The molecule has 0 amide bonds. The van der Waals surface area contributed by atoms with Crippen molar-refractivity contribution in [2.45, 2.75) is 76.1 Å². The van der Waals surface area contributed by atoms with Crippen LogP contribution in [0.5, 0.6) is 0 Å². The number of ketones is 1. The van der Waals surface area contributed by atoms with Crippen LogP contribution in [0.4, 0.5) is 0 Å². The number of halogens is 1. The largest absolute Gasteiger partial charge is 0.393 e. The molecule has 0 heterocycles. The summed E-state index contributed by atoms with van der Waals surface area (Å²) in [7, 11) is 0. The number of hydrogen-bond donors (Lipinski definition) is 1. The van der Waals surface area contributed by atoms with Gasteiger partial charge in [-0.2, -0.15) is 0 Å². The first-order valence-electron chi connectivity index (χ1n) is 9.23. The van der Waals surface area contributed by atoms with Crippen LogP contribution in [-0.2, 0) is 4.79 Å². The Balaban J connectivity index is 1.64. The minimum absolute atomic E-state index is 0.0628. The molecule has 4 aliphatic carbocycles. The maximum Gasteiger partial charge on any atom is 0.152 e. The molecule has 0 saturated heterocycles. The maximum absolute atomic E-state index is 12.7. The summed E-state index contributed by atoms with van der Waals surface area (Å²) in [6.45, 7) is 4.75. The number of alkyl halides is 1. The normalized spacial score (nSPS) is 57.9. The fourth-order valence-electron chi connectivity index (χ4n) is 6.98. The van der Waals surface area contributed by atoms with Gasteiger partial charge in [-0.3, -0.25) is 4.79 Å². The second-order valence-corrected chi connectivity index (χ2v) is 10.2. The number of aliphatic hydroxyl groups excluding tert-OH is 1. The molecule has 8 atom stereocenters. The molecular weight excluding hydrogens is 340 g/mol. The Labute approximate surface area is 142 Å². The van der Waals surface area contributed by atoms with Crippen LogP contribution >= 0.6 is 15.9 Å². The lowest BCUT2D eigenvalue weighted by Gasteiger charge is -2.60. The molecule has 2 nitrogen and oxygen atoms in total. The summed E-state index contributed by atoms with van der Waals surface area (Å²) in [5, 5.41) is 10.1. The van der Waals surface area contributed by atoms with Gasteiger partial charge in [-0.25, -0.2) is 0 Å². The van der Waals surface area contributed by atoms with Crippen LogP contribution < -0.4 is 0 Å². The monoisotopic (exact) mass is 368 g/mol. The second-order valence-electron chi connectivity index (χ2n) is 9.11. The number of fused-ring (bicyclic) bond motifs is 5. The van der Waals surface area contributed by atoms with Crippen LogP contribution in [0.15, 0.2) is 0 Å². The number of hydrogen-bond acceptors (Lipinski definition) is 2. The highest BCUT2D eigenvalue weighted by Crippen LogP contribution is 2.65. The van der Waals surface area contributed by atoms with Crippen LogP contribution in [-0.4, -0.2) is 21.8 Å². The van der Waals surface area contributed by atoms with Gasteiger partial charge < -0.3 is 5.11 Å². The molecule has 4 saturated carbocycles. The lowest BCUT2D eigenvalue weighted by atomic mass is 9.45. The summed E-state index contributed by atoms with van der Waals surface area (Å²) in [5.74, 6) is 3.29. The summed E-state index contributed by atoms with van der Waals surface area (Å²) in [4.78, 5) is 12.8. The molecule has 0 aromatic carbocycles. The van der Waals surface area contributed by atoms with Crippen molar-refractivity contribution in [2.24, 2.45) is 34.5 Å². The Morgan fingerprint density at radius 2 is 1.82 bits per heavy atom. The first-order valence-corrected chi connectivity index (χ1v) is 10.1. The highest BCUT2D eigenvalue weighted by molar-refractivity contribution is 9.10. The zero-order chi connectivity index (χ0) is 15.7. The number of carbonyl (C=O) groups excluding carboxylic acids is 1. The fourth-order valence-corrected chi connectivity index (χ4v) is 7.91. The highest BCUT2D eigenvalue weighted by Gasteiger charge is 2.61. The van der Waals surface area contributed by atoms with E-state index in [-0.39, 0.29) is 16.3 Å². The first-order chi connectivity index (χ1) is 10.4. The maximum atomic E-state index is 12.7. The van der Waals surface area contributed by atoms with E-state index in [1.54, 1.807) is 0 Å². The summed E-state index contributed by atoms with van der Waals surface area (Å²) >= 11 is 3.65. The van der Waals surface area contributed by atoms with E-state index in [9.17, 15) is 9.90 Å². The van der Waals surface area contributed by atoms with Crippen molar-refractivity contribution in [1.82, 2.24) is 0 Å². The third-order valence-electron chi connectivity index (χ3n) is 8.34.